The Morgan fingerprint density at radius 2 is 2.10 bits per heavy atom. The van der Waals surface area contributed by atoms with Crippen LogP contribution in [0.3, 0.4) is 0 Å². The molecule has 2 rings (SSSR count). The van der Waals surface area contributed by atoms with Gasteiger partial charge in [0.1, 0.15) is 11.5 Å². The fraction of sp³-hybridized carbons (Fsp3) is 0.214. The highest BCUT2D eigenvalue weighted by Crippen LogP contribution is 2.23. The first-order chi connectivity index (χ1) is 9.61. The zero-order chi connectivity index (χ0) is 14.5. The van der Waals surface area contributed by atoms with E-state index in [1.807, 2.05) is 13.8 Å². The molecule has 1 heterocycles. The minimum Gasteiger partial charge on any atom is -0.369 e. The molecule has 0 saturated heterocycles. The van der Waals surface area contributed by atoms with Gasteiger partial charge < -0.3 is 10.6 Å². The van der Waals surface area contributed by atoms with Crippen LogP contribution in [0.15, 0.2) is 30.6 Å². The average Bonchev–Trinajstić information content (AvgIpc) is 2.45. The number of nitrogens with one attached hydrogen (secondary N) is 2. The van der Waals surface area contributed by atoms with Crippen LogP contribution in [-0.2, 0) is 0 Å². The topological polar surface area (TPSA) is 66.9 Å². The van der Waals surface area contributed by atoms with E-state index in [2.05, 4.69) is 20.6 Å². The van der Waals surface area contributed by atoms with E-state index in [9.17, 15) is 4.79 Å². The van der Waals surface area contributed by atoms with E-state index in [0.29, 0.717) is 16.5 Å². The third-order valence-corrected chi connectivity index (χ3v) is 3.17. The van der Waals surface area contributed by atoms with Gasteiger partial charge in [0.2, 0.25) is 0 Å². The second-order valence-corrected chi connectivity index (χ2v) is 4.59. The summed E-state index contributed by atoms with van der Waals surface area (Å²) >= 11 is 6.01. The Kier molecular flexibility index (Phi) is 4.53. The van der Waals surface area contributed by atoms with Crippen molar-refractivity contribution in [3.8, 4) is 0 Å². The molecule has 1 amide bonds. The molecule has 20 heavy (non-hydrogen) atoms. The first-order valence-corrected chi connectivity index (χ1v) is 6.62. The Morgan fingerprint density at radius 1 is 1.30 bits per heavy atom. The van der Waals surface area contributed by atoms with Gasteiger partial charge in [0, 0.05) is 17.3 Å². The first-order valence-electron chi connectivity index (χ1n) is 6.24. The summed E-state index contributed by atoms with van der Waals surface area (Å²) in [4.78, 5) is 20.3. The predicted molar refractivity (Wildman–Crippen MR) is 80.3 cm³/mol. The number of halogens is 1. The summed E-state index contributed by atoms with van der Waals surface area (Å²) in [6.07, 6.45) is 2.97. The van der Waals surface area contributed by atoms with Crippen LogP contribution in [0.1, 0.15) is 23.0 Å². The molecule has 0 unspecified atom stereocenters. The van der Waals surface area contributed by atoms with Crippen molar-refractivity contribution in [1.29, 1.82) is 0 Å². The SMILES string of the molecule is CCNc1cnc(C(=O)Nc2cccc(Cl)c2C)cn1. The van der Waals surface area contributed by atoms with Crippen LogP contribution in [0.2, 0.25) is 5.02 Å². The smallest absolute Gasteiger partial charge is 0.275 e. The van der Waals surface area contributed by atoms with Crippen molar-refractivity contribution >= 4 is 29.0 Å². The highest BCUT2D eigenvalue weighted by atomic mass is 35.5. The van der Waals surface area contributed by atoms with E-state index in [1.165, 1.54) is 12.4 Å². The van der Waals surface area contributed by atoms with Crippen molar-refractivity contribution in [3.63, 3.8) is 0 Å². The maximum atomic E-state index is 12.1. The van der Waals surface area contributed by atoms with Crippen LogP contribution in [-0.4, -0.2) is 22.4 Å². The number of nitrogens with zero attached hydrogens (tertiary/aromatic N) is 2. The Morgan fingerprint density at radius 3 is 2.75 bits per heavy atom. The molecule has 5 nitrogen and oxygen atoms in total. The van der Waals surface area contributed by atoms with Crippen LogP contribution >= 0.6 is 11.6 Å². The monoisotopic (exact) mass is 290 g/mol. The Hall–Kier alpha value is -2.14. The summed E-state index contributed by atoms with van der Waals surface area (Å²) in [5, 5.41) is 6.40. The van der Waals surface area contributed by atoms with Crippen LogP contribution in [0.25, 0.3) is 0 Å². The number of rotatable bonds is 4. The molecular weight excluding hydrogens is 276 g/mol. The zero-order valence-corrected chi connectivity index (χ0v) is 12.0. The van der Waals surface area contributed by atoms with E-state index in [-0.39, 0.29) is 11.6 Å². The molecule has 0 aliphatic carbocycles. The van der Waals surface area contributed by atoms with Gasteiger partial charge in [0.25, 0.3) is 5.91 Å². The van der Waals surface area contributed by atoms with E-state index >= 15 is 0 Å². The van der Waals surface area contributed by atoms with Gasteiger partial charge in [0.15, 0.2) is 0 Å². The maximum absolute atomic E-state index is 12.1. The van der Waals surface area contributed by atoms with Gasteiger partial charge in [0.05, 0.1) is 12.4 Å². The van der Waals surface area contributed by atoms with Crippen molar-refractivity contribution in [3.05, 3.63) is 46.9 Å². The van der Waals surface area contributed by atoms with Crippen LogP contribution < -0.4 is 10.6 Å². The second-order valence-electron chi connectivity index (χ2n) is 4.18. The largest absolute Gasteiger partial charge is 0.369 e. The predicted octanol–water partition coefficient (Wildman–Crippen LogP) is 3.12. The van der Waals surface area contributed by atoms with Gasteiger partial charge in [-0.2, -0.15) is 0 Å². The summed E-state index contributed by atoms with van der Waals surface area (Å²) in [7, 11) is 0. The average molecular weight is 291 g/mol. The minimum atomic E-state index is -0.314. The van der Waals surface area contributed by atoms with Crippen molar-refractivity contribution in [2.24, 2.45) is 0 Å². The fourth-order valence-electron chi connectivity index (χ4n) is 1.65. The van der Waals surface area contributed by atoms with E-state index in [1.54, 1.807) is 18.2 Å². The summed E-state index contributed by atoms with van der Waals surface area (Å²) < 4.78 is 0. The summed E-state index contributed by atoms with van der Waals surface area (Å²) in [6, 6.07) is 5.35. The van der Waals surface area contributed by atoms with Crippen LogP contribution in [0.4, 0.5) is 11.5 Å². The lowest BCUT2D eigenvalue weighted by atomic mass is 10.2. The van der Waals surface area contributed by atoms with Gasteiger partial charge in [-0.3, -0.25) is 4.79 Å². The first kappa shape index (κ1) is 14.3. The van der Waals surface area contributed by atoms with E-state index < -0.39 is 0 Å². The maximum Gasteiger partial charge on any atom is 0.275 e. The number of aromatic nitrogens is 2. The van der Waals surface area contributed by atoms with Crippen molar-refractivity contribution in [2.45, 2.75) is 13.8 Å². The third-order valence-electron chi connectivity index (χ3n) is 2.76. The Balaban J connectivity index is 2.13. The van der Waals surface area contributed by atoms with Crippen molar-refractivity contribution < 1.29 is 4.79 Å². The van der Waals surface area contributed by atoms with E-state index in [4.69, 9.17) is 11.6 Å². The van der Waals surface area contributed by atoms with Gasteiger partial charge >= 0.3 is 0 Å². The molecule has 0 bridgehead atoms. The van der Waals surface area contributed by atoms with Crippen LogP contribution in [0.5, 0.6) is 0 Å². The number of amides is 1. The molecule has 2 aromatic rings. The normalized spacial score (nSPS) is 10.2. The molecule has 0 saturated carbocycles. The van der Waals surface area contributed by atoms with E-state index in [0.717, 1.165) is 12.1 Å². The molecule has 104 valence electrons. The Bertz CT molecular complexity index is 613. The molecule has 0 atom stereocenters. The minimum absolute atomic E-state index is 0.256. The summed E-state index contributed by atoms with van der Waals surface area (Å²) in [6.45, 7) is 4.56. The lowest BCUT2D eigenvalue weighted by molar-refractivity contribution is 0.102. The third kappa shape index (κ3) is 3.24. The lowest BCUT2D eigenvalue weighted by Gasteiger charge is -2.09. The van der Waals surface area contributed by atoms with Gasteiger partial charge in [-0.25, -0.2) is 9.97 Å². The molecule has 0 aliphatic heterocycles. The number of anilines is 2. The molecule has 0 spiro atoms. The quantitative estimate of drug-likeness (QED) is 0.908. The van der Waals surface area contributed by atoms with Crippen LogP contribution in [0, 0.1) is 6.92 Å². The zero-order valence-electron chi connectivity index (χ0n) is 11.3. The molecule has 1 aromatic heterocycles. The molecular formula is C14H15ClN4O. The highest BCUT2D eigenvalue weighted by molar-refractivity contribution is 6.31. The number of carbonyl (C=O) groups is 1. The molecule has 2 N–H and O–H groups in total. The second kappa shape index (κ2) is 6.34. The molecule has 6 heteroatoms. The molecule has 1 aromatic carbocycles. The number of carbonyl (C=O) groups excluding carboxylic acids is 1. The summed E-state index contributed by atoms with van der Waals surface area (Å²) in [5.41, 5.74) is 1.74. The van der Waals surface area contributed by atoms with Gasteiger partial charge in [-0.1, -0.05) is 17.7 Å². The number of benzene rings is 1. The molecule has 0 radical (unpaired) electrons. The molecule has 0 fully saturated rings. The highest BCUT2D eigenvalue weighted by Gasteiger charge is 2.10. The summed E-state index contributed by atoms with van der Waals surface area (Å²) in [5.74, 6) is 0.328. The lowest BCUT2D eigenvalue weighted by Crippen LogP contribution is -2.15. The molecule has 0 aliphatic rings. The van der Waals surface area contributed by atoms with Gasteiger partial charge in [-0.15, -0.1) is 0 Å². The number of hydrogen-bond acceptors (Lipinski definition) is 4. The van der Waals surface area contributed by atoms with Crippen molar-refractivity contribution in [1.82, 2.24) is 9.97 Å². The fourth-order valence-corrected chi connectivity index (χ4v) is 1.82. The Labute approximate surface area is 122 Å². The number of hydrogen-bond donors (Lipinski definition) is 2. The van der Waals surface area contributed by atoms with Gasteiger partial charge in [-0.05, 0) is 31.5 Å². The standard InChI is InChI=1S/C14H15ClN4O/c1-3-16-13-8-17-12(7-18-13)14(20)19-11-6-4-5-10(15)9(11)2/h4-8H,3H2,1-2H3,(H,16,18)(H,19,20). The van der Waals surface area contributed by atoms with Crippen molar-refractivity contribution in [2.75, 3.05) is 17.2 Å².